The third kappa shape index (κ3) is 3.68. The molecule has 2 N–H and O–H groups in total. The molecule has 1 unspecified atom stereocenters. The molecule has 1 atom stereocenters. The molecule has 4 heteroatoms. The topological polar surface area (TPSA) is 43.8 Å². The third-order valence-corrected chi connectivity index (χ3v) is 3.54. The lowest BCUT2D eigenvalue weighted by molar-refractivity contribution is 0.589. The minimum Gasteiger partial charge on any atom is -0.338 e. The fraction of sp³-hybridized carbons (Fsp3) is 0.357. The number of hydrogen-bond acceptors (Lipinski definition) is 2. The number of halogens is 1. The molecule has 0 aliphatic rings. The number of imidazole rings is 1. The summed E-state index contributed by atoms with van der Waals surface area (Å²) in [6.07, 6.45) is 6.59. The van der Waals surface area contributed by atoms with E-state index in [1.165, 1.54) is 5.56 Å². The molecular formula is C14H18BrN3. The van der Waals surface area contributed by atoms with Crippen LogP contribution in [-0.2, 0) is 19.9 Å². The van der Waals surface area contributed by atoms with E-state index < -0.39 is 0 Å². The second kappa shape index (κ2) is 6.16. The van der Waals surface area contributed by atoms with Gasteiger partial charge in [0.1, 0.15) is 5.82 Å². The van der Waals surface area contributed by atoms with Crippen molar-refractivity contribution in [2.75, 3.05) is 0 Å². The molecule has 0 bridgehead atoms. The molecule has 0 saturated heterocycles. The number of aromatic nitrogens is 2. The van der Waals surface area contributed by atoms with Crippen LogP contribution in [0.4, 0.5) is 0 Å². The Morgan fingerprint density at radius 3 is 2.94 bits per heavy atom. The molecule has 96 valence electrons. The van der Waals surface area contributed by atoms with Crippen LogP contribution in [-0.4, -0.2) is 15.6 Å². The predicted molar refractivity (Wildman–Crippen MR) is 77.4 cm³/mol. The summed E-state index contributed by atoms with van der Waals surface area (Å²) in [5.41, 5.74) is 7.44. The maximum Gasteiger partial charge on any atom is 0.108 e. The summed E-state index contributed by atoms with van der Waals surface area (Å²) >= 11 is 3.48. The highest BCUT2D eigenvalue weighted by atomic mass is 79.9. The average Bonchev–Trinajstić information content (AvgIpc) is 2.72. The molecule has 0 fully saturated rings. The SMILES string of the molecule is Cn1ccnc1CCC(N)Cc1cccc(Br)c1. The van der Waals surface area contributed by atoms with Gasteiger partial charge < -0.3 is 10.3 Å². The number of hydrogen-bond donors (Lipinski definition) is 1. The molecule has 1 aromatic heterocycles. The van der Waals surface area contributed by atoms with Crippen molar-refractivity contribution in [1.82, 2.24) is 9.55 Å². The van der Waals surface area contributed by atoms with E-state index in [0.29, 0.717) is 0 Å². The van der Waals surface area contributed by atoms with Crippen molar-refractivity contribution in [2.45, 2.75) is 25.3 Å². The maximum absolute atomic E-state index is 6.17. The van der Waals surface area contributed by atoms with Crippen molar-refractivity contribution in [2.24, 2.45) is 12.8 Å². The van der Waals surface area contributed by atoms with E-state index in [1.807, 2.05) is 36.1 Å². The van der Waals surface area contributed by atoms with Crippen LogP contribution >= 0.6 is 15.9 Å². The Morgan fingerprint density at radius 1 is 1.44 bits per heavy atom. The number of rotatable bonds is 5. The fourth-order valence-electron chi connectivity index (χ4n) is 2.02. The molecule has 3 nitrogen and oxygen atoms in total. The summed E-state index contributed by atoms with van der Waals surface area (Å²) in [5.74, 6) is 1.10. The van der Waals surface area contributed by atoms with Gasteiger partial charge in [0.2, 0.25) is 0 Å². The van der Waals surface area contributed by atoms with E-state index >= 15 is 0 Å². The van der Waals surface area contributed by atoms with Crippen molar-refractivity contribution in [3.8, 4) is 0 Å². The van der Waals surface area contributed by atoms with Gasteiger partial charge in [0.25, 0.3) is 0 Å². The average molecular weight is 308 g/mol. The van der Waals surface area contributed by atoms with Crippen LogP contribution in [0.1, 0.15) is 17.8 Å². The van der Waals surface area contributed by atoms with E-state index in [1.54, 1.807) is 0 Å². The first kappa shape index (κ1) is 13.3. The van der Waals surface area contributed by atoms with Gasteiger partial charge in [-0.3, -0.25) is 0 Å². The number of nitrogens with zero attached hydrogens (tertiary/aromatic N) is 2. The molecule has 0 aliphatic carbocycles. The predicted octanol–water partition coefficient (Wildman–Crippen LogP) is 2.69. The summed E-state index contributed by atoms with van der Waals surface area (Å²) in [4.78, 5) is 4.31. The first-order valence-corrected chi connectivity index (χ1v) is 6.90. The second-order valence-corrected chi connectivity index (χ2v) is 5.50. The highest BCUT2D eigenvalue weighted by Gasteiger charge is 2.07. The first-order valence-electron chi connectivity index (χ1n) is 6.11. The van der Waals surface area contributed by atoms with Crippen LogP contribution < -0.4 is 5.73 Å². The van der Waals surface area contributed by atoms with Gasteiger partial charge in [-0.2, -0.15) is 0 Å². The Morgan fingerprint density at radius 2 is 2.28 bits per heavy atom. The van der Waals surface area contributed by atoms with Gasteiger partial charge in [-0.05, 0) is 30.5 Å². The Balaban J connectivity index is 1.86. The van der Waals surface area contributed by atoms with Crippen LogP contribution in [0.15, 0.2) is 41.1 Å². The van der Waals surface area contributed by atoms with Crippen molar-refractivity contribution >= 4 is 15.9 Å². The Hall–Kier alpha value is -1.13. The molecule has 1 heterocycles. The summed E-state index contributed by atoms with van der Waals surface area (Å²) in [6, 6.07) is 8.50. The highest BCUT2D eigenvalue weighted by Crippen LogP contribution is 2.14. The molecule has 2 rings (SSSR count). The van der Waals surface area contributed by atoms with Crippen LogP contribution in [0, 0.1) is 0 Å². The zero-order valence-corrected chi connectivity index (χ0v) is 12.1. The molecule has 2 aromatic rings. The molecule has 0 amide bonds. The molecule has 0 aliphatic heterocycles. The number of nitrogens with two attached hydrogens (primary N) is 1. The molecular weight excluding hydrogens is 290 g/mol. The van der Waals surface area contributed by atoms with Crippen molar-refractivity contribution in [3.63, 3.8) is 0 Å². The first-order chi connectivity index (χ1) is 8.65. The molecule has 0 saturated carbocycles. The van der Waals surface area contributed by atoms with Gasteiger partial charge in [-0.15, -0.1) is 0 Å². The fourth-order valence-corrected chi connectivity index (χ4v) is 2.47. The third-order valence-electron chi connectivity index (χ3n) is 3.05. The van der Waals surface area contributed by atoms with E-state index in [0.717, 1.165) is 29.6 Å². The normalized spacial score (nSPS) is 12.6. The highest BCUT2D eigenvalue weighted by molar-refractivity contribution is 9.10. The van der Waals surface area contributed by atoms with Crippen LogP contribution in [0.5, 0.6) is 0 Å². The zero-order valence-electron chi connectivity index (χ0n) is 10.5. The van der Waals surface area contributed by atoms with Crippen LogP contribution in [0.25, 0.3) is 0 Å². The smallest absolute Gasteiger partial charge is 0.108 e. The standard InChI is InChI=1S/C14H18BrN3/c1-18-8-7-17-14(18)6-5-13(16)10-11-3-2-4-12(15)9-11/h2-4,7-9,13H,5-6,10,16H2,1H3. The second-order valence-electron chi connectivity index (χ2n) is 4.59. The number of aryl methyl sites for hydroxylation is 2. The van der Waals surface area contributed by atoms with Crippen LogP contribution in [0.3, 0.4) is 0 Å². The number of benzene rings is 1. The lowest BCUT2D eigenvalue weighted by Gasteiger charge is -2.11. The summed E-state index contributed by atoms with van der Waals surface area (Å²) in [5, 5.41) is 0. The summed E-state index contributed by atoms with van der Waals surface area (Å²) < 4.78 is 3.16. The quantitative estimate of drug-likeness (QED) is 0.923. The Bertz CT molecular complexity index is 507. The largest absolute Gasteiger partial charge is 0.338 e. The molecule has 18 heavy (non-hydrogen) atoms. The Labute approximate surface area is 116 Å². The van der Waals surface area contributed by atoms with Gasteiger partial charge in [0, 0.05) is 36.4 Å². The van der Waals surface area contributed by atoms with Gasteiger partial charge in [-0.25, -0.2) is 4.98 Å². The van der Waals surface area contributed by atoms with Crippen LogP contribution in [0.2, 0.25) is 0 Å². The molecule has 1 aromatic carbocycles. The van der Waals surface area contributed by atoms with Crippen molar-refractivity contribution in [1.29, 1.82) is 0 Å². The van der Waals surface area contributed by atoms with Crippen molar-refractivity contribution in [3.05, 3.63) is 52.5 Å². The van der Waals surface area contributed by atoms with Gasteiger partial charge in [0.05, 0.1) is 0 Å². The van der Waals surface area contributed by atoms with E-state index in [2.05, 4.69) is 33.0 Å². The summed E-state index contributed by atoms with van der Waals surface area (Å²) in [7, 11) is 2.02. The lowest BCUT2D eigenvalue weighted by Crippen LogP contribution is -2.24. The van der Waals surface area contributed by atoms with E-state index in [9.17, 15) is 0 Å². The van der Waals surface area contributed by atoms with E-state index in [4.69, 9.17) is 5.73 Å². The van der Waals surface area contributed by atoms with Gasteiger partial charge >= 0.3 is 0 Å². The Kier molecular flexibility index (Phi) is 4.55. The lowest BCUT2D eigenvalue weighted by atomic mass is 10.0. The van der Waals surface area contributed by atoms with Gasteiger partial charge in [0.15, 0.2) is 0 Å². The monoisotopic (exact) mass is 307 g/mol. The minimum atomic E-state index is 0.177. The minimum absolute atomic E-state index is 0.177. The molecule has 0 radical (unpaired) electrons. The maximum atomic E-state index is 6.17. The zero-order chi connectivity index (χ0) is 13.0. The van der Waals surface area contributed by atoms with Gasteiger partial charge in [-0.1, -0.05) is 28.1 Å². The van der Waals surface area contributed by atoms with E-state index in [-0.39, 0.29) is 6.04 Å². The molecule has 0 spiro atoms. The van der Waals surface area contributed by atoms with Crippen molar-refractivity contribution < 1.29 is 0 Å². The summed E-state index contributed by atoms with van der Waals surface area (Å²) in [6.45, 7) is 0.